The van der Waals surface area contributed by atoms with E-state index in [0.717, 1.165) is 26.4 Å². The van der Waals surface area contributed by atoms with Crippen LogP contribution in [0.15, 0.2) is 28.3 Å². The zero-order valence-corrected chi connectivity index (χ0v) is 13.4. The summed E-state index contributed by atoms with van der Waals surface area (Å²) >= 11 is 5.19. The van der Waals surface area contributed by atoms with Crippen molar-refractivity contribution in [1.29, 1.82) is 0 Å². The summed E-state index contributed by atoms with van der Waals surface area (Å²) < 4.78 is 6.72. The lowest BCUT2D eigenvalue weighted by atomic mass is 10.1. The molecule has 0 aliphatic rings. The van der Waals surface area contributed by atoms with Crippen LogP contribution in [0, 0.1) is 6.92 Å². The molecule has 3 nitrogen and oxygen atoms in total. The average molecular weight is 341 g/mol. The number of nitrogens with zero attached hydrogens (tertiary/aromatic N) is 1. The first kappa shape index (κ1) is 14.5. The number of nitrogens with two attached hydrogens (primary N) is 1. The average Bonchev–Trinajstić information content (AvgIpc) is 2.76. The van der Waals surface area contributed by atoms with Gasteiger partial charge in [-0.2, -0.15) is 0 Å². The van der Waals surface area contributed by atoms with Crippen LogP contribution in [0.4, 0.5) is 0 Å². The third kappa shape index (κ3) is 3.55. The Morgan fingerprint density at radius 3 is 2.84 bits per heavy atom. The molecule has 0 saturated heterocycles. The van der Waals surface area contributed by atoms with E-state index in [1.54, 1.807) is 23.7 Å². The molecule has 19 heavy (non-hydrogen) atoms. The molecule has 2 aromatic heterocycles. The van der Waals surface area contributed by atoms with Crippen LogP contribution in [0.2, 0.25) is 0 Å². The van der Waals surface area contributed by atoms with E-state index in [1.165, 1.54) is 5.56 Å². The number of aryl methyl sites for hydroxylation is 1. The van der Waals surface area contributed by atoms with Crippen molar-refractivity contribution in [2.75, 3.05) is 6.61 Å². The molecule has 0 aliphatic heterocycles. The lowest BCUT2D eigenvalue weighted by Crippen LogP contribution is -2.11. The van der Waals surface area contributed by atoms with Crippen LogP contribution in [0.5, 0.6) is 5.75 Å². The number of halogens is 1. The van der Waals surface area contributed by atoms with Crippen molar-refractivity contribution < 1.29 is 4.74 Å². The molecule has 0 saturated carbocycles. The van der Waals surface area contributed by atoms with Crippen LogP contribution in [0.25, 0.3) is 0 Å². The molecule has 2 rings (SSSR count). The van der Waals surface area contributed by atoms with Gasteiger partial charge in [0.15, 0.2) is 0 Å². The fraction of sp³-hybridized carbons (Fsp3) is 0.357. The van der Waals surface area contributed by atoms with Crippen molar-refractivity contribution in [2.45, 2.75) is 26.3 Å². The van der Waals surface area contributed by atoms with Gasteiger partial charge in [0, 0.05) is 11.1 Å². The fourth-order valence-electron chi connectivity index (χ4n) is 1.71. The predicted octanol–water partition coefficient (Wildman–Crippen LogP) is 4.05. The van der Waals surface area contributed by atoms with Gasteiger partial charge in [-0.25, -0.2) is 0 Å². The molecule has 2 N–H and O–H groups in total. The van der Waals surface area contributed by atoms with E-state index in [9.17, 15) is 0 Å². The minimum Gasteiger partial charge on any atom is -0.492 e. The van der Waals surface area contributed by atoms with E-state index in [0.29, 0.717) is 6.61 Å². The molecule has 2 aromatic rings. The van der Waals surface area contributed by atoms with Crippen LogP contribution in [-0.2, 0) is 0 Å². The van der Waals surface area contributed by atoms with E-state index in [2.05, 4.69) is 40.8 Å². The monoisotopic (exact) mass is 340 g/mol. The molecule has 0 bridgehead atoms. The molecule has 0 amide bonds. The summed E-state index contributed by atoms with van der Waals surface area (Å²) in [6, 6.07) is 3.92. The van der Waals surface area contributed by atoms with E-state index < -0.39 is 0 Å². The van der Waals surface area contributed by atoms with Crippen LogP contribution < -0.4 is 10.5 Å². The van der Waals surface area contributed by atoms with Gasteiger partial charge in [-0.15, -0.1) is 11.3 Å². The van der Waals surface area contributed by atoms with Gasteiger partial charge in [0.25, 0.3) is 0 Å². The largest absolute Gasteiger partial charge is 0.492 e. The maximum atomic E-state index is 6.29. The van der Waals surface area contributed by atoms with Gasteiger partial charge in [0.05, 0.1) is 22.6 Å². The molecular weight excluding hydrogens is 324 g/mol. The van der Waals surface area contributed by atoms with Crippen molar-refractivity contribution in [2.24, 2.45) is 5.73 Å². The second kappa shape index (κ2) is 6.50. The first-order chi connectivity index (χ1) is 9.11. The molecule has 0 spiro atoms. The summed E-state index contributed by atoms with van der Waals surface area (Å²) in [4.78, 5) is 5.33. The number of pyridine rings is 1. The highest BCUT2D eigenvalue weighted by atomic mass is 79.9. The molecule has 1 atom stereocenters. The van der Waals surface area contributed by atoms with E-state index >= 15 is 0 Å². The summed E-state index contributed by atoms with van der Waals surface area (Å²) in [6.07, 6.45) is 4.50. The Morgan fingerprint density at radius 1 is 1.42 bits per heavy atom. The predicted molar refractivity (Wildman–Crippen MR) is 82.8 cm³/mol. The Bertz CT molecular complexity index is 537. The van der Waals surface area contributed by atoms with Gasteiger partial charge < -0.3 is 10.5 Å². The lowest BCUT2D eigenvalue weighted by Gasteiger charge is -2.11. The minimum absolute atomic E-state index is 0.160. The summed E-state index contributed by atoms with van der Waals surface area (Å²) in [6.45, 7) is 4.84. The second-order valence-corrected chi connectivity index (χ2v) is 6.79. The molecule has 1 unspecified atom stereocenters. The Balaban J connectivity index is 2.20. The molecule has 0 fully saturated rings. The number of aromatic nitrogens is 1. The molecule has 5 heteroatoms. The van der Waals surface area contributed by atoms with E-state index in [-0.39, 0.29) is 6.04 Å². The van der Waals surface area contributed by atoms with Crippen molar-refractivity contribution in [1.82, 2.24) is 4.98 Å². The van der Waals surface area contributed by atoms with E-state index in [4.69, 9.17) is 10.5 Å². The van der Waals surface area contributed by atoms with Crippen LogP contribution in [-0.4, -0.2) is 11.6 Å². The van der Waals surface area contributed by atoms with E-state index in [1.807, 2.05) is 6.07 Å². The van der Waals surface area contributed by atoms with Gasteiger partial charge in [0.2, 0.25) is 0 Å². The molecule has 0 aromatic carbocycles. The zero-order chi connectivity index (χ0) is 13.8. The van der Waals surface area contributed by atoms with Crippen LogP contribution in [0.1, 0.15) is 35.4 Å². The third-order valence-corrected chi connectivity index (χ3v) is 4.97. The SMILES string of the molecule is CCCOc1cncc(C(N)c2cc(C)c(Br)s2)c1. The summed E-state index contributed by atoms with van der Waals surface area (Å²) in [7, 11) is 0. The maximum absolute atomic E-state index is 6.29. The quantitative estimate of drug-likeness (QED) is 0.892. The van der Waals surface area contributed by atoms with Crippen LogP contribution in [0.3, 0.4) is 0 Å². The van der Waals surface area contributed by atoms with Crippen molar-refractivity contribution in [3.8, 4) is 5.75 Å². The van der Waals surface area contributed by atoms with Gasteiger partial charge >= 0.3 is 0 Å². The number of rotatable bonds is 5. The Labute approximate surface area is 125 Å². The van der Waals surface area contributed by atoms with Gasteiger partial charge in [-0.1, -0.05) is 6.92 Å². The highest BCUT2D eigenvalue weighted by Crippen LogP contribution is 2.33. The van der Waals surface area contributed by atoms with Crippen molar-refractivity contribution >= 4 is 27.3 Å². The maximum Gasteiger partial charge on any atom is 0.137 e. The number of ether oxygens (including phenoxy) is 1. The summed E-state index contributed by atoms with van der Waals surface area (Å²) in [5.41, 5.74) is 8.47. The van der Waals surface area contributed by atoms with Gasteiger partial charge in [-0.05, 0) is 52.5 Å². The van der Waals surface area contributed by atoms with Gasteiger partial charge in [-0.3, -0.25) is 4.98 Å². The molecule has 2 heterocycles. The Hall–Kier alpha value is -0.910. The van der Waals surface area contributed by atoms with Crippen molar-refractivity contribution in [3.05, 3.63) is 44.3 Å². The number of hydrogen-bond acceptors (Lipinski definition) is 4. The first-order valence-corrected chi connectivity index (χ1v) is 7.82. The Kier molecular flexibility index (Phi) is 4.96. The molecule has 102 valence electrons. The van der Waals surface area contributed by atoms with Crippen LogP contribution >= 0.6 is 27.3 Å². The zero-order valence-electron chi connectivity index (χ0n) is 11.0. The topological polar surface area (TPSA) is 48.1 Å². The van der Waals surface area contributed by atoms with Gasteiger partial charge in [0.1, 0.15) is 5.75 Å². The highest BCUT2D eigenvalue weighted by molar-refractivity contribution is 9.11. The second-order valence-electron chi connectivity index (χ2n) is 4.39. The standard InChI is InChI=1S/C14H17BrN2OS/c1-3-4-18-11-6-10(7-17-8-11)13(16)12-5-9(2)14(15)19-12/h5-8,13H,3-4,16H2,1-2H3. The molecule has 0 aliphatic carbocycles. The Morgan fingerprint density at radius 2 is 2.21 bits per heavy atom. The smallest absolute Gasteiger partial charge is 0.137 e. The summed E-state index contributed by atoms with van der Waals surface area (Å²) in [5.74, 6) is 0.780. The molecule has 0 radical (unpaired) electrons. The third-order valence-electron chi connectivity index (χ3n) is 2.75. The number of thiophene rings is 1. The fourth-order valence-corrected chi connectivity index (χ4v) is 3.31. The number of hydrogen-bond donors (Lipinski definition) is 1. The normalized spacial score (nSPS) is 12.4. The van der Waals surface area contributed by atoms with Crippen molar-refractivity contribution in [3.63, 3.8) is 0 Å². The minimum atomic E-state index is -0.160. The first-order valence-electron chi connectivity index (χ1n) is 6.21. The summed E-state index contributed by atoms with van der Waals surface area (Å²) in [5, 5.41) is 0. The lowest BCUT2D eigenvalue weighted by molar-refractivity contribution is 0.315. The molecular formula is C14H17BrN2OS. The highest BCUT2D eigenvalue weighted by Gasteiger charge is 2.14.